The molecule has 0 bridgehead atoms. The molecule has 61 valence electrons. The molecule has 11 heavy (non-hydrogen) atoms. The highest BCUT2D eigenvalue weighted by Gasteiger charge is 2.47. The Morgan fingerprint density at radius 3 is 3.18 bits per heavy atom. The fourth-order valence-corrected chi connectivity index (χ4v) is 1.89. The normalized spacial score (nSPS) is 42.5. The third-order valence-electron chi connectivity index (χ3n) is 2.48. The van der Waals surface area contributed by atoms with Crippen LogP contribution in [0.4, 0.5) is 0 Å². The number of hydrogen-bond acceptors (Lipinski definition) is 2. The number of ether oxygens (including phenoxy) is 1. The zero-order valence-electron chi connectivity index (χ0n) is 6.83. The van der Waals surface area contributed by atoms with Gasteiger partial charge in [-0.2, -0.15) is 0 Å². The molecule has 2 atom stereocenters. The number of rotatable bonds is 0. The first-order chi connectivity index (χ1) is 5.13. The van der Waals surface area contributed by atoms with Gasteiger partial charge >= 0.3 is 0 Å². The van der Waals surface area contributed by atoms with Crippen LogP contribution in [0.2, 0.25) is 0 Å². The summed E-state index contributed by atoms with van der Waals surface area (Å²) in [6, 6.07) is 0.242. The third-order valence-corrected chi connectivity index (χ3v) is 2.48. The van der Waals surface area contributed by atoms with Crippen LogP contribution in [0.25, 0.3) is 0 Å². The van der Waals surface area contributed by atoms with E-state index >= 15 is 0 Å². The maximum atomic E-state index is 11.3. The molecular weight excluding hydrogens is 142 g/mol. The van der Waals surface area contributed by atoms with Crippen LogP contribution in [0.3, 0.4) is 0 Å². The second kappa shape index (κ2) is 1.91. The molecular formula is C8H12NO2. The molecule has 0 aromatic carbocycles. The Kier molecular flexibility index (Phi) is 1.21. The van der Waals surface area contributed by atoms with E-state index in [1.807, 2.05) is 18.7 Å². The Labute approximate surface area is 66.3 Å². The van der Waals surface area contributed by atoms with E-state index in [2.05, 4.69) is 0 Å². The van der Waals surface area contributed by atoms with Gasteiger partial charge in [-0.1, -0.05) is 0 Å². The molecule has 3 heteroatoms. The lowest BCUT2D eigenvalue weighted by molar-refractivity contribution is -0.0582. The molecule has 0 aromatic heterocycles. The standard InChI is InChI=1S/C8H12NO2/c1-6-5-11-8(2)4-3-7(10)9(6)8/h3,6H,4-5H2,1-2H3/t6-,8+/m0/s1. The predicted molar refractivity (Wildman–Crippen MR) is 39.0 cm³/mol. The maximum absolute atomic E-state index is 11.3. The average Bonchev–Trinajstić information content (AvgIpc) is 2.38. The summed E-state index contributed by atoms with van der Waals surface area (Å²) in [5.74, 6) is 0.123. The van der Waals surface area contributed by atoms with Crippen LogP contribution in [0.15, 0.2) is 12.0 Å². The van der Waals surface area contributed by atoms with E-state index in [-0.39, 0.29) is 17.6 Å². The van der Waals surface area contributed by atoms with Gasteiger partial charge in [0.15, 0.2) is 0 Å². The van der Waals surface area contributed by atoms with Gasteiger partial charge in [0.1, 0.15) is 5.72 Å². The molecule has 2 aliphatic rings. The summed E-state index contributed by atoms with van der Waals surface area (Å²) in [6.07, 6.45) is 2.44. The summed E-state index contributed by atoms with van der Waals surface area (Å²) in [7, 11) is 0. The van der Waals surface area contributed by atoms with Gasteiger partial charge < -0.3 is 9.64 Å². The van der Waals surface area contributed by atoms with Gasteiger partial charge in [-0.3, -0.25) is 5.11 Å². The van der Waals surface area contributed by atoms with E-state index in [4.69, 9.17) is 4.74 Å². The summed E-state index contributed by atoms with van der Waals surface area (Å²) in [5.41, 5.74) is -0.323. The lowest BCUT2D eigenvalue weighted by Crippen LogP contribution is -2.39. The molecule has 1 fully saturated rings. The average molecular weight is 154 g/mol. The third kappa shape index (κ3) is 0.774. The van der Waals surface area contributed by atoms with E-state index in [0.29, 0.717) is 6.61 Å². The highest BCUT2D eigenvalue weighted by molar-refractivity contribution is 5.10. The minimum Gasteiger partial charge on any atom is -0.353 e. The second-order valence-corrected chi connectivity index (χ2v) is 3.45. The summed E-state index contributed by atoms with van der Waals surface area (Å²) in [6.45, 7) is 4.66. The van der Waals surface area contributed by atoms with Crippen molar-refractivity contribution in [3.63, 3.8) is 0 Å². The van der Waals surface area contributed by atoms with Crippen LogP contribution in [-0.2, 0) is 9.84 Å². The molecule has 1 radical (unpaired) electrons. The number of nitrogens with zero attached hydrogens (tertiary/aromatic N) is 1. The van der Waals surface area contributed by atoms with Gasteiger partial charge in [0.2, 0.25) is 5.88 Å². The lowest BCUT2D eigenvalue weighted by Gasteiger charge is -2.29. The van der Waals surface area contributed by atoms with Crippen molar-refractivity contribution in [1.82, 2.24) is 4.90 Å². The first-order valence-electron chi connectivity index (χ1n) is 3.94. The van der Waals surface area contributed by atoms with Crippen LogP contribution in [0.1, 0.15) is 20.3 Å². The Hall–Kier alpha value is -0.700. The monoisotopic (exact) mass is 154 g/mol. The molecule has 0 saturated carbocycles. The van der Waals surface area contributed by atoms with Gasteiger partial charge in [0.25, 0.3) is 0 Å². The summed E-state index contributed by atoms with van der Waals surface area (Å²) < 4.78 is 5.52. The molecule has 0 unspecified atom stereocenters. The summed E-state index contributed by atoms with van der Waals surface area (Å²) in [4.78, 5) is 1.83. The van der Waals surface area contributed by atoms with Gasteiger partial charge in [-0.15, -0.1) is 0 Å². The van der Waals surface area contributed by atoms with E-state index in [0.717, 1.165) is 6.42 Å². The number of hydrogen-bond donors (Lipinski definition) is 0. The highest BCUT2D eigenvalue weighted by Crippen LogP contribution is 2.38. The van der Waals surface area contributed by atoms with Crippen LogP contribution in [0.5, 0.6) is 0 Å². The highest BCUT2D eigenvalue weighted by atomic mass is 16.5. The van der Waals surface area contributed by atoms with Crippen molar-refractivity contribution >= 4 is 0 Å². The van der Waals surface area contributed by atoms with Crippen molar-refractivity contribution < 1.29 is 9.84 Å². The van der Waals surface area contributed by atoms with Crippen molar-refractivity contribution in [1.29, 1.82) is 0 Å². The minimum atomic E-state index is -0.323. The molecule has 0 aliphatic carbocycles. The van der Waals surface area contributed by atoms with Gasteiger partial charge in [0.05, 0.1) is 12.6 Å². The van der Waals surface area contributed by atoms with E-state index in [9.17, 15) is 5.11 Å². The Balaban J connectivity index is 2.30. The Morgan fingerprint density at radius 1 is 1.82 bits per heavy atom. The SMILES string of the molecule is C[C@H]1CO[C@]2(C)CC=C([O])N12. The van der Waals surface area contributed by atoms with Crippen molar-refractivity contribution in [2.45, 2.75) is 32.0 Å². The van der Waals surface area contributed by atoms with Gasteiger partial charge in [-0.05, 0) is 19.9 Å². The molecule has 0 aromatic rings. The molecule has 2 heterocycles. The topological polar surface area (TPSA) is 32.4 Å². The van der Waals surface area contributed by atoms with Crippen LogP contribution >= 0.6 is 0 Å². The zero-order chi connectivity index (χ0) is 8.06. The Morgan fingerprint density at radius 2 is 2.55 bits per heavy atom. The molecule has 3 nitrogen and oxygen atoms in total. The molecule has 0 amide bonds. The van der Waals surface area contributed by atoms with E-state index < -0.39 is 0 Å². The fraction of sp³-hybridized carbons (Fsp3) is 0.750. The molecule has 0 spiro atoms. The largest absolute Gasteiger partial charge is 0.353 e. The van der Waals surface area contributed by atoms with Crippen LogP contribution < -0.4 is 0 Å². The molecule has 2 aliphatic heterocycles. The second-order valence-electron chi connectivity index (χ2n) is 3.45. The summed E-state index contributed by atoms with van der Waals surface area (Å²) in [5, 5.41) is 11.3. The quantitative estimate of drug-likeness (QED) is 0.523. The first kappa shape index (κ1) is 6.98. The first-order valence-corrected chi connectivity index (χ1v) is 3.94. The van der Waals surface area contributed by atoms with Gasteiger partial charge in [-0.25, -0.2) is 0 Å². The minimum absolute atomic E-state index is 0.123. The maximum Gasteiger partial charge on any atom is 0.245 e. The van der Waals surface area contributed by atoms with Crippen molar-refractivity contribution in [2.24, 2.45) is 0 Å². The number of fused-ring (bicyclic) bond motifs is 1. The summed E-state index contributed by atoms with van der Waals surface area (Å²) >= 11 is 0. The molecule has 0 N–H and O–H groups in total. The van der Waals surface area contributed by atoms with Crippen LogP contribution in [0, 0.1) is 0 Å². The Bertz CT molecular complexity index is 214. The molecule has 2 rings (SSSR count). The lowest BCUT2D eigenvalue weighted by atomic mass is 10.2. The smallest absolute Gasteiger partial charge is 0.245 e. The predicted octanol–water partition coefficient (Wildman–Crippen LogP) is 1.10. The van der Waals surface area contributed by atoms with Crippen LogP contribution in [-0.4, -0.2) is 23.3 Å². The molecule has 1 saturated heterocycles. The van der Waals surface area contributed by atoms with Crippen molar-refractivity contribution in [3.05, 3.63) is 12.0 Å². The van der Waals surface area contributed by atoms with Gasteiger partial charge in [0, 0.05) is 6.42 Å². The zero-order valence-corrected chi connectivity index (χ0v) is 6.83. The van der Waals surface area contributed by atoms with Crippen molar-refractivity contribution in [2.75, 3.05) is 6.61 Å². The fourth-order valence-electron chi connectivity index (χ4n) is 1.89. The van der Waals surface area contributed by atoms with E-state index in [1.54, 1.807) is 6.08 Å². The van der Waals surface area contributed by atoms with Crippen molar-refractivity contribution in [3.8, 4) is 0 Å². The van der Waals surface area contributed by atoms with E-state index in [1.165, 1.54) is 0 Å².